The number of hydrogen-bond donors (Lipinski definition) is 0. The first-order valence-corrected chi connectivity index (χ1v) is 4.86. The molecule has 2 aromatic rings. The van der Waals surface area contributed by atoms with Gasteiger partial charge >= 0.3 is 0 Å². The molecule has 0 atom stereocenters. The third-order valence-electron chi connectivity index (χ3n) is 1.92. The van der Waals surface area contributed by atoms with Crippen molar-refractivity contribution in [3.05, 3.63) is 48.4 Å². The van der Waals surface area contributed by atoms with Crippen LogP contribution in [0.1, 0.15) is 5.69 Å². The molecular formula is C11H9ClN2. The van der Waals surface area contributed by atoms with E-state index in [-0.39, 0.29) is 0 Å². The highest BCUT2D eigenvalue weighted by Crippen LogP contribution is 2.15. The molecule has 0 saturated heterocycles. The molecule has 0 fully saturated rings. The van der Waals surface area contributed by atoms with Crippen LogP contribution in [0.2, 0.25) is 0 Å². The lowest BCUT2D eigenvalue weighted by molar-refractivity contribution is 1.16. The third-order valence-corrected chi connectivity index (χ3v) is 2.20. The highest BCUT2D eigenvalue weighted by atomic mass is 35.5. The standard InChI is InChI=1S/C11H9ClN2/c12-7-10-5-4-9(8-14-10)11-3-1-2-6-13-11/h1-6,8H,7H2. The minimum atomic E-state index is 0.447. The first-order valence-electron chi connectivity index (χ1n) is 4.32. The van der Waals surface area contributed by atoms with Gasteiger partial charge in [-0.1, -0.05) is 6.07 Å². The molecule has 0 bridgehead atoms. The number of rotatable bonds is 2. The summed E-state index contributed by atoms with van der Waals surface area (Å²) >= 11 is 5.65. The van der Waals surface area contributed by atoms with Crippen LogP contribution >= 0.6 is 11.6 Å². The smallest absolute Gasteiger partial charge is 0.0717 e. The Morgan fingerprint density at radius 1 is 1.07 bits per heavy atom. The summed E-state index contributed by atoms with van der Waals surface area (Å²) in [6.07, 6.45) is 3.56. The van der Waals surface area contributed by atoms with Gasteiger partial charge in [-0.2, -0.15) is 0 Å². The van der Waals surface area contributed by atoms with Gasteiger partial charge in [0, 0.05) is 18.0 Å². The summed E-state index contributed by atoms with van der Waals surface area (Å²) in [5.74, 6) is 0.447. The maximum Gasteiger partial charge on any atom is 0.0717 e. The van der Waals surface area contributed by atoms with Gasteiger partial charge in [-0.15, -0.1) is 11.6 Å². The average Bonchev–Trinajstić information content (AvgIpc) is 2.30. The molecule has 2 aromatic heterocycles. The summed E-state index contributed by atoms with van der Waals surface area (Å²) in [6.45, 7) is 0. The molecule has 0 aromatic carbocycles. The number of nitrogens with zero attached hydrogens (tertiary/aromatic N) is 2. The predicted molar refractivity (Wildman–Crippen MR) is 57.0 cm³/mol. The Kier molecular flexibility index (Phi) is 2.75. The molecule has 0 spiro atoms. The molecule has 0 unspecified atom stereocenters. The van der Waals surface area contributed by atoms with Crippen LogP contribution in [0.3, 0.4) is 0 Å². The highest BCUT2D eigenvalue weighted by Gasteiger charge is 1.98. The summed E-state index contributed by atoms with van der Waals surface area (Å²) in [6, 6.07) is 9.70. The number of halogens is 1. The zero-order chi connectivity index (χ0) is 9.80. The third kappa shape index (κ3) is 1.91. The number of hydrogen-bond acceptors (Lipinski definition) is 2. The molecule has 2 rings (SSSR count). The average molecular weight is 205 g/mol. The first kappa shape index (κ1) is 9.16. The molecule has 3 heteroatoms. The van der Waals surface area contributed by atoms with Crippen molar-refractivity contribution in [3.63, 3.8) is 0 Å². The molecule has 0 radical (unpaired) electrons. The van der Waals surface area contributed by atoms with E-state index in [0.29, 0.717) is 5.88 Å². The summed E-state index contributed by atoms with van der Waals surface area (Å²) in [7, 11) is 0. The van der Waals surface area contributed by atoms with Gasteiger partial charge in [-0.25, -0.2) is 0 Å². The van der Waals surface area contributed by atoms with E-state index in [1.165, 1.54) is 0 Å². The zero-order valence-electron chi connectivity index (χ0n) is 7.52. The van der Waals surface area contributed by atoms with E-state index in [1.54, 1.807) is 12.4 Å². The Balaban J connectivity index is 2.34. The van der Waals surface area contributed by atoms with Gasteiger partial charge in [0.1, 0.15) is 0 Å². The van der Waals surface area contributed by atoms with Crippen LogP contribution in [0.5, 0.6) is 0 Å². The van der Waals surface area contributed by atoms with Gasteiger partial charge in [-0.05, 0) is 24.3 Å². The van der Waals surface area contributed by atoms with E-state index >= 15 is 0 Å². The monoisotopic (exact) mass is 204 g/mol. The lowest BCUT2D eigenvalue weighted by Crippen LogP contribution is -1.87. The number of aromatic nitrogens is 2. The van der Waals surface area contributed by atoms with Crippen molar-refractivity contribution in [2.75, 3.05) is 0 Å². The van der Waals surface area contributed by atoms with Gasteiger partial charge in [0.05, 0.1) is 17.3 Å². The maximum absolute atomic E-state index is 5.65. The van der Waals surface area contributed by atoms with Gasteiger partial charge in [0.2, 0.25) is 0 Å². The van der Waals surface area contributed by atoms with Crippen molar-refractivity contribution in [1.29, 1.82) is 0 Å². The Morgan fingerprint density at radius 2 is 2.00 bits per heavy atom. The van der Waals surface area contributed by atoms with Gasteiger partial charge < -0.3 is 0 Å². The maximum atomic E-state index is 5.65. The molecule has 0 aliphatic carbocycles. The second-order valence-electron chi connectivity index (χ2n) is 2.89. The van der Waals surface area contributed by atoms with E-state index in [2.05, 4.69) is 9.97 Å². The van der Waals surface area contributed by atoms with Crippen LogP contribution in [0.25, 0.3) is 11.3 Å². The Labute approximate surface area is 87.6 Å². The molecule has 2 heterocycles. The first-order chi connectivity index (χ1) is 6.90. The number of alkyl halides is 1. The summed E-state index contributed by atoms with van der Waals surface area (Å²) in [5, 5.41) is 0. The van der Waals surface area contributed by atoms with Crippen LogP contribution < -0.4 is 0 Å². The fourth-order valence-corrected chi connectivity index (χ4v) is 1.35. The van der Waals surface area contributed by atoms with Gasteiger partial charge in [0.25, 0.3) is 0 Å². The molecule has 0 N–H and O–H groups in total. The van der Waals surface area contributed by atoms with Crippen molar-refractivity contribution in [3.8, 4) is 11.3 Å². The molecule has 2 nitrogen and oxygen atoms in total. The Bertz CT molecular complexity index is 397. The molecular weight excluding hydrogens is 196 g/mol. The van der Waals surface area contributed by atoms with Crippen molar-refractivity contribution in [2.45, 2.75) is 5.88 Å². The molecule has 70 valence electrons. The second kappa shape index (κ2) is 4.20. The van der Waals surface area contributed by atoms with E-state index < -0.39 is 0 Å². The zero-order valence-corrected chi connectivity index (χ0v) is 8.28. The second-order valence-corrected chi connectivity index (χ2v) is 3.15. The minimum Gasteiger partial charge on any atom is -0.259 e. The predicted octanol–water partition coefficient (Wildman–Crippen LogP) is 2.88. The summed E-state index contributed by atoms with van der Waals surface area (Å²) in [4.78, 5) is 8.43. The Morgan fingerprint density at radius 3 is 2.57 bits per heavy atom. The van der Waals surface area contributed by atoms with E-state index in [0.717, 1.165) is 17.0 Å². The summed E-state index contributed by atoms with van der Waals surface area (Å²) < 4.78 is 0. The van der Waals surface area contributed by atoms with Crippen LogP contribution in [0.15, 0.2) is 42.7 Å². The quantitative estimate of drug-likeness (QED) is 0.703. The normalized spacial score (nSPS) is 10.1. The molecule has 14 heavy (non-hydrogen) atoms. The molecule has 0 aliphatic rings. The topological polar surface area (TPSA) is 25.8 Å². The van der Waals surface area contributed by atoms with Crippen molar-refractivity contribution < 1.29 is 0 Å². The minimum absolute atomic E-state index is 0.447. The van der Waals surface area contributed by atoms with Gasteiger partial charge in [0.15, 0.2) is 0 Å². The van der Waals surface area contributed by atoms with Crippen LogP contribution in [0.4, 0.5) is 0 Å². The molecule has 0 amide bonds. The fraction of sp³-hybridized carbons (Fsp3) is 0.0909. The van der Waals surface area contributed by atoms with Crippen molar-refractivity contribution in [2.24, 2.45) is 0 Å². The SMILES string of the molecule is ClCc1ccc(-c2ccccn2)cn1. The van der Waals surface area contributed by atoms with Crippen molar-refractivity contribution in [1.82, 2.24) is 9.97 Å². The number of pyridine rings is 2. The highest BCUT2D eigenvalue weighted by molar-refractivity contribution is 6.16. The largest absolute Gasteiger partial charge is 0.259 e. The van der Waals surface area contributed by atoms with Crippen LogP contribution in [-0.4, -0.2) is 9.97 Å². The lowest BCUT2D eigenvalue weighted by atomic mass is 10.2. The molecule has 0 saturated carbocycles. The van der Waals surface area contributed by atoms with Crippen LogP contribution in [0, 0.1) is 0 Å². The van der Waals surface area contributed by atoms with E-state index in [9.17, 15) is 0 Å². The van der Waals surface area contributed by atoms with Gasteiger partial charge in [-0.3, -0.25) is 9.97 Å². The van der Waals surface area contributed by atoms with E-state index in [4.69, 9.17) is 11.6 Å². The Hall–Kier alpha value is -1.41. The lowest BCUT2D eigenvalue weighted by Gasteiger charge is -2.00. The van der Waals surface area contributed by atoms with E-state index in [1.807, 2.05) is 30.3 Å². The summed E-state index contributed by atoms with van der Waals surface area (Å²) in [5.41, 5.74) is 2.83. The molecule has 0 aliphatic heterocycles. The van der Waals surface area contributed by atoms with Crippen molar-refractivity contribution >= 4 is 11.6 Å². The van der Waals surface area contributed by atoms with Crippen LogP contribution in [-0.2, 0) is 5.88 Å². The fourth-order valence-electron chi connectivity index (χ4n) is 1.19.